The number of hydrogen-bond donors (Lipinski definition) is 0. The summed E-state index contributed by atoms with van der Waals surface area (Å²) in [5.41, 5.74) is 12.1. The van der Waals surface area contributed by atoms with Crippen molar-refractivity contribution < 1.29 is 4.42 Å². The van der Waals surface area contributed by atoms with E-state index in [1.54, 1.807) is 0 Å². The van der Waals surface area contributed by atoms with Gasteiger partial charge in [-0.3, -0.25) is 0 Å². The zero-order chi connectivity index (χ0) is 42.1. The number of para-hydroxylation sites is 1. The molecule has 0 aliphatic heterocycles. The van der Waals surface area contributed by atoms with Crippen LogP contribution in [0, 0.1) is 0 Å². The van der Waals surface area contributed by atoms with E-state index in [4.69, 9.17) is 19.4 Å². The summed E-state index contributed by atoms with van der Waals surface area (Å²) in [6, 6.07) is 76.9. The average molecular weight is 817 g/mol. The number of furan rings is 1. The van der Waals surface area contributed by atoms with Gasteiger partial charge in [-0.2, -0.15) is 0 Å². The van der Waals surface area contributed by atoms with Crippen LogP contribution in [0.2, 0.25) is 0 Å². The first-order chi connectivity index (χ1) is 31.8. The minimum absolute atomic E-state index is 0.584. The molecule has 5 heteroatoms. The van der Waals surface area contributed by atoms with Gasteiger partial charge >= 0.3 is 0 Å². The molecule has 0 aliphatic rings. The Bertz CT molecular complexity index is 3740. The van der Waals surface area contributed by atoms with E-state index in [1.165, 1.54) is 54.6 Å². The predicted octanol–water partition coefficient (Wildman–Crippen LogP) is 15.5. The van der Waals surface area contributed by atoms with Crippen molar-refractivity contribution in [2.75, 3.05) is 0 Å². The predicted molar refractivity (Wildman–Crippen MR) is 264 cm³/mol. The molecule has 10 aromatic carbocycles. The van der Waals surface area contributed by atoms with Gasteiger partial charge in [-0.15, -0.1) is 0 Å². The first kappa shape index (κ1) is 36.0. The van der Waals surface area contributed by atoms with Gasteiger partial charge in [0.2, 0.25) is 0 Å². The van der Waals surface area contributed by atoms with Crippen LogP contribution in [-0.4, -0.2) is 19.5 Å². The first-order valence-corrected chi connectivity index (χ1v) is 21.6. The van der Waals surface area contributed by atoms with Gasteiger partial charge in [0.25, 0.3) is 0 Å². The Morgan fingerprint density at radius 3 is 1.25 bits per heavy atom. The normalized spacial score (nSPS) is 11.8. The number of aromatic nitrogens is 4. The zero-order valence-electron chi connectivity index (χ0n) is 34.5. The van der Waals surface area contributed by atoms with Gasteiger partial charge in [0.15, 0.2) is 23.1 Å². The van der Waals surface area contributed by atoms with Gasteiger partial charge in [-0.25, -0.2) is 15.0 Å². The maximum Gasteiger partial charge on any atom is 0.164 e. The van der Waals surface area contributed by atoms with E-state index in [0.29, 0.717) is 17.5 Å². The third-order valence-corrected chi connectivity index (χ3v) is 12.6. The highest BCUT2D eigenvalue weighted by atomic mass is 16.3. The van der Waals surface area contributed by atoms with Crippen LogP contribution in [0.15, 0.2) is 223 Å². The van der Waals surface area contributed by atoms with Crippen molar-refractivity contribution in [2.45, 2.75) is 0 Å². The molecule has 3 aromatic heterocycles. The Labute approximate surface area is 368 Å². The van der Waals surface area contributed by atoms with Crippen LogP contribution in [0.1, 0.15) is 0 Å². The number of hydrogen-bond acceptors (Lipinski definition) is 4. The highest BCUT2D eigenvalue weighted by Crippen LogP contribution is 2.48. The fourth-order valence-corrected chi connectivity index (χ4v) is 9.83. The molecule has 13 rings (SSSR count). The molecule has 3 heterocycles. The highest BCUT2D eigenvalue weighted by Gasteiger charge is 2.25. The Balaban J connectivity index is 1.15. The van der Waals surface area contributed by atoms with Crippen molar-refractivity contribution in [1.82, 2.24) is 19.5 Å². The molecule has 298 valence electrons. The third-order valence-electron chi connectivity index (χ3n) is 12.6. The fourth-order valence-electron chi connectivity index (χ4n) is 9.83. The number of benzene rings is 10. The van der Waals surface area contributed by atoms with Crippen LogP contribution in [-0.2, 0) is 0 Å². The Hall–Kier alpha value is -8.67. The van der Waals surface area contributed by atoms with Crippen LogP contribution in [0.25, 0.3) is 127 Å². The minimum atomic E-state index is 0.584. The third kappa shape index (κ3) is 5.61. The summed E-state index contributed by atoms with van der Waals surface area (Å²) >= 11 is 0. The van der Waals surface area contributed by atoms with Crippen molar-refractivity contribution in [1.29, 1.82) is 0 Å². The van der Waals surface area contributed by atoms with Crippen LogP contribution in [0.3, 0.4) is 0 Å². The van der Waals surface area contributed by atoms with Crippen LogP contribution >= 0.6 is 0 Å². The molecule has 13 aromatic rings. The molecule has 0 spiro atoms. The van der Waals surface area contributed by atoms with Crippen molar-refractivity contribution >= 4 is 65.3 Å². The number of rotatable bonds is 6. The Morgan fingerprint density at radius 2 is 0.734 bits per heavy atom. The molecule has 0 fully saturated rings. The lowest BCUT2D eigenvalue weighted by molar-refractivity contribution is 0.666. The average Bonchev–Trinajstić information content (AvgIpc) is 3.93. The quantitative estimate of drug-likeness (QED) is 0.168. The van der Waals surface area contributed by atoms with Crippen molar-refractivity contribution in [3.63, 3.8) is 0 Å². The molecule has 0 saturated heterocycles. The van der Waals surface area contributed by atoms with E-state index in [9.17, 15) is 0 Å². The van der Waals surface area contributed by atoms with Gasteiger partial charge in [-0.1, -0.05) is 194 Å². The molecule has 0 N–H and O–H groups in total. The number of nitrogens with zero attached hydrogens (tertiary/aromatic N) is 4. The van der Waals surface area contributed by atoms with E-state index in [2.05, 4.69) is 150 Å². The van der Waals surface area contributed by atoms with Gasteiger partial charge in [0.1, 0.15) is 5.58 Å². The molecule has 0 aliphatic carbocycles. The largest absolute Gasteiger partial charge is 0.454 e. The van der Waals surface area contributed by atoms with E-state index >= 15 is 0 Å². The lowest BCUT2D eigenvalue weighted by Crippen LogP contribution is -2.00. The Kier molecular flexibility index (Phi) is 8.15. The molecular formula is C59H36N4O. The topological polar surface area (TPSA) is 56.7 Å². The van der Waals surface area contributed by atoms with E-state index < -0.39 is 0 Å². The molecular weight excluding hydrogens is 781 g/mol. The van der Waals surface area contributed by atoms with E-state index in [0.717, 1.165) is 55.3 Å². The van der Waals surface area contributed by atoms with Crippen LogP contribution < -0.4 is 0 Å². The maximum atomic E-state index is 7.11. The van der Waals surface area contributed by atoms with Gasteiger partial charge in [0.05, 0.1) is 16.7 Å². The van der Waals surface area contributed by atoms with Gasteiger partial charge < -0.3 is 8.98 Å². The summed E-state index contributed by atoms with van der Waals surface area (Å²) in [6.07, 6.45) is 0. The van der Waals surface area contributed by atoms with Gasteiger partial charge in [-0.05, 0) is 68.1 Å². The second kappa shape index (κ2) is 14.5. The summed E-state index contributed by atoms with van der Waals surface area (Å²) in [4.78, 5) is 15.3. The Morgan fingerprint density at radius 1 is 0.312 bits per heavy atom. The summed E-state index contributed by atoms with van der Waals surface area (Å²) in [7, 11) is 0. The standard InChI is InChI=1S/C59H36N4O/c1-5-19-37(20-6-1)47-35-50-54(43-29-15-13-27-41(43)47)55-44-30-16-14-28-42(44)48(38-21-7-2-8-22-38)36-51(55)63(50)49-33-17-31-45-53-46(32-18-34-52(53)64-56(45)49)59-61-57(39-23-9-3-10-24-39)60-58(62-59)40-25-11-4-12-26-40/h1-36H. The molecule has 0 saturated carbocycles. The summed E-state index contributed by atoms with van der Waals surface area (Å²) in [6.45, 7) is 0. The molecule has 0 unspecified atom stereocenters. The molecule has 64 heavy (non-hydrogen) atoms. The van der Waals surface area contributed by atoms with Crippen LogP contribution in [0.5, 0.6) is 0 Å². The molecule has 0 radical (unpaired) electrons. The van der Waals surface area contributed by atoms with Crippen molar-refractivity contribution in [3.05, 3.63) is 218 Å². The fraction of sp³-hybridized carbons (Fsp3) is 0. The zero-order valence-corrected chi connectivity index (χ0v) is 34.5. The molecule has 0 bridgehead atoms. The van der Waals surface area contributed by atoms with E-state index in [-0.39, 0.29) is 0 Å². The number of fused-ring (bicyclic) bond motifs is 10. The maximum absolute atomic E-state index is 7.11. The summed E-state index contributed by atoms with van der Waals surface area (Å²) in [5.74, 6) is 1.81. The van der Waals surface area contributed by atoms with Crippen LogP contribution in [0.4, 0.5) is 0 Å². The summed E-state index contributed by atoms with van der Waals surface area (Å²) < 4.78 is 9.55. The molecule has 5 nitrogen and oxygen atoms in total. The van der Waals surface area contributed by atoms with E-state index in [1.807, 2.05) is 72.8 Å². The minimum Gasteiger partial charge on any atom is -0.454 e. The highest BCUT2D eigenvalue weighted by molar-refractivity contribution is 6.32. The lowest BCUT2D eigenvalue weighted by atomic mass is 9.92. The second-order valence-corrected chi connectivity index (χ2v) is 16.3. The smallest absolute Gasteiger partial charge is 0.164 e. The lowest BCUT2D eigenvalue weighted by Gasteiger charge is -2.13. The monoisotopic (exact) mass is 816 g/mol. The van der Waals surface area contributed by atoms with Crippen molar-refractivity contribution in [2.24, 2.45) is 0 Å². The second-order valence-electron chi connectivity index (χ2n) is 16.3. The SMILES string of the molecule is c1ccc(-c2nc(-c3ccccc3)nc(-c3cccc4oc5c(-n6c7cc(-c8ccccc8)c8ccccc8c7c7c8ccccc8c(-c8ccccc8)cc76)cccc5c34)n2)cc1. The first-order valence-electron chi connectivity index (χ1n) is 21.6. The summed E-state index contributed by atoms with van der Waals surface area (Å²) in [5, 5.41) is 9.19. The molecule has 0 atom stereocenters. The van der Waals surface area contributed by atoms with Gasteiger partial charge in [0, 0.05) is 38.2 Å². The van der Waals surface area contributed by atoms with Crippen molar-refractivity contribution in [3.8, 4) is 62.1 Å². The molecule has 0 amide bonds.